The molecule has 3 heterocycles. The van der Waals surface area contributed by atoms with Gasteiger partial charge < -0.3 is 24.3 Å². The Morgan fingerprint density at radius 1 is 1.11 bits per heavy atom. The van der Waals surface area contributed by atoms with Gasteiger partial charge in [0, 0.05) is 59.3 Å². The summed E-state index contributed by atoms with van der Waals surface area (Å²) in [6.45, 7) is 4.73. The number of aromatic amines is 1. The number of nitrogens with one attached hydrogen (secondary N) is 1. The fourth-order valence-electron chi connectivity index (χ4n) is 5.14. The van der Waals surface area contributed by atoms with Crippen LogP contribution in [0, 0.1) is 18.2 Å². The average molecular weight is 478 g/mol. The number of ether oxygens (including phenoxy) is 3. The van der Waals surface area contributed by atoms with Gasteiger partial charge in [0.25, 0.3) is 0 Å². The second-order valence-corrected chi connectivity index (χ2v) is 9.68. The predicted octanol–water partition coefficient (Wildman–Crippen LogP) is 4.80. The van der Waals surface area contributed by atoms with E-state index in [1.54, 1.807) is 37.6 Å². The van der Waals surface area contributed by atoms with Gasteiger partial charge in [0.15, 0.2) is 23.1 Å². The Morgan fingerprint density at radius 2 is 1.97 bits per heavy atom. The van der Waals surface area contributed by atoms with E-state index in [-0.39, 0.29) is 17.3 Å². The number of β-amino-alcohol motifs (C(OH)–C–C–N with tert-alkyl or cyclic N) is 1. The molecule has 182 valence electrons. The van der Waals surface area contributed by atoms with Crippen LogP contribution in [0.5, 0.6) is 23.0 Å². The maximum Gasteiger partial charge on any atom is 0.175 e. The highest BCUT2D eigenvalue weighted by molar-refractivity contribution is 5.89. The number of rotatable bonds is 7. The molecule has 7 nitrogen and oxygen atoms in total. The molecule has 4 aromatic rings. The lowest BCUT2D eigenvalue weighted by Gasteiger charge is -2.17. The fourth-order valence-corrected chi connectivity index (χ4v) is 5.14. The van der Waals surface area contributed by atoms with Crippen molar-refractivity contribution in [2.24, 2.45) is 5.41 Å². The summed E-state index contributed by atoms with van der Waals surface area (Å²) in [7, 11) is 1.58. The molecule has 0 bridgehead atoms. The lowest BCUT2D eigenvalue weighted by molar-refractivity contribution is 0.130. The van der Waals surface area contributed by atoms with E-state index in [9.17, 15) is 5.11 Å². The highest BCUT2D eigenvalue weighted by Gasteiger charge is 2.54. The smallest absolute Gasteiger partial charge is 0.175 e. The third-order valence-corrected chi connectivity index (χ3v) is 7.28. The first kappa shape index (κ1) is 22.1. The minimum absolute atomic E-state index is 0.130. The summed E-state index contributed by atoms with van der Waals surface area (Å²) in [5.41, 5.74) is 2.40. The van der Waals surface area contributed by atoms with Crippen molar-refractivity contribution >= 4 is 21.8 Å². The Morgan fingerprint density at radius 3 is 2.74 bits per heavy atom. The van der Waals surface area contributed by atoms with Crippen LogP contribution >= 0.6 is 0 Å². The monoisotopic (exact) mass is 477 g/mol. The van der Waals surface area contributed by atoms with Crippen LogP contribution in [0.2, 0.25) is 0 Å². The predicted molar refractivity (Wildman–Crippen MR) is 131 cm³/mol. The molecule has 1 aliphatic heterocycles. The molecule has 1 saturated heterocycles. The van der Waals surface area contributed by atoms with Crippen molar-refractivity contribution in [3.63, 3.8) is 0 Å². The van der Waals surface area contributed by atoms with Gasteiger partial charge in [0.1, 0.15) is 12.4 Å². The van der Waals surface area contributed by atoms with Crippen LogP contribution in [-0.4, -0.2) is 59.4 Å². The van der Waals surface area contributed by atoms with Gasteiger partial charge in [-0.3, -0.25) is 9.88 Å². The fraction of sp³-hybridized carbons (Fsp3) is 0.370. The van der Waals surface area contributed by atoms with Crippen molar-refractivity contribution in [1.29, 1.82) is 0 Å². The van der Waals surface area contributed by atoms with Crippen molar-refractivity contribution < 1.29 is 23.7 Å². The Kier molecular flexibility index (Phi) is 5.30. The van der Waals surface area contributed by atoms with Crippen molar-refractivity contribution in [3.8, 4) is 23.0 Å². The maximum atomic E-state index is 15.1. The van der Waals surface area contributed by atoms with Crippen LogP contribution in [0.25, 0.3) is 21.8 Å². The number of methoxy groups -OCH3 is 1. The van der Waals surface area contributed by atoms with Gasteiger partial charge in [-0.15, -0.1) is 0 Å². The zero-order valence-electron chi connectivity index (χ0n) is 19.8. The zero-order chi connectivity index (χ0) is 24.2. The first-order valence-electron chi connectivity index (χ1n) is 11.9. The van der Waals surface area contributed by atoms with Crippen molar-refractivity contribution in [1.82, 2.24) is 14.9 Å². The second kappa shape index (κ2) is 8.39. The Labute approximate surface area is 202 Å². The summed E-state index contributed by atoms with van der Waals surface area (Å²) in [6.07, 6.45) is 3.63. The Bertz CT molecular complexity index is 1410. The van der Waals surface area contributed by atoms with Gasteiger partial charge in [-0.2, -0.15) is 0 Å². The molecule has 8 heteroatoms. The quantitative estimate of drug-likeness (QED) is 0.398. The zero-order valence-corrected chi connectivity index (χ0v) is 19.8. The number of hydrogen-bond donors (Lipinski definition) is 2. The normalized spacial score (nSPS) is 19.0. The lowest BCUT2D eigenvalue weighted by Crippen LogP contribution is -2.27. The highest BCUT2D eigenvalue weighted by Crippen LogP contribution is 2.52. The number of benzene rings is 2. The van der Waals surface area contributed by atoms with Crippen molar-refractivity contribution in [2.75, 3.05) is 33.4 Å². The molecule has 1 saturated carbocycles. The van der Waals surface area contributed by atoms with Crippen LogP contribution in [0.1, 0.15) is 18.5 Å². The SMILES string of the molecule is COc1cc2c(Oc3ccc4[nH]c(C)cc4c3F)ccnc2cc1OCCN1CC(O)C2(CC2)C1. The largest absolute Gasteiger partial charge is 0.493 e. The van der Waals surface area contributed by atoms with E-state index in [1.807, 2.05) is 19.1 Å². The molecule has 0 amide bonds. The molecule has 1 aliphatic carbocycles. The van der Waals surface area contributed by atoms with Gasteiger partial charge in [-0.25, -0.2) is 4.39 Å². The maximum absolute atomic E-state index is 15.1. The molecule has 1 spiro atoms. The molecular formula is C27H28FN3O4. The van der Waals surface area contributed by atoms with Crippen LogP contribution < -0.4 is 14.2 Å². The lowest BCUT2D eigenvalue weighted by atomic mass is 10.0. The Hall–Kier alpha value is -3.36. The number of fused-ring (bicyclic) bond motifs is 2. The standard InChI is InChI=1S/C27H28FN3O4/c1-16-11-18-19(30-16)3-4-22(26(18)28)35-21-5-8-29-20-13-24(23(33-2)12-17(20)21)34-10-9-31-14-25(32)27(15-31)6-7-27/h3-5,8,11-13,25,30,32H,6-7,9-10,14-15H2,1-2H3. The van der Waals surface area contributed by atoms with E-state index < -0.39 is 5.82 Å². The van der Waals surface area contributed by atoms with E-state index >= 15 is 4.39 Å². The molecular weight excluding hydrogens is 449 g/mol. The number of aliphatic hydroxyl groups excluding tert-OH is 1. The van der Waals surface area contributed by atoms with Crippen LogP contribution in [0.15, 0.2) is 42.6 Å². The summed E-state index contributed by atoms with van der Waals surface area (Å²) in [6, 6.07) is 10.5. The van der Waals surface area contributed by atoms with Gasteiger partial charge in [-0.05, 0) is 50.1 Å². The van der Waals surface area contributed by atoms with Crippen molar-refractivity contribution in [2.45, 2.75) is 25.9 Å². The third-order valence-electron chi connectivity index (χ3n) is 7.28. The number of halogens is 1. The van der Waals surface area contributed by atoms with E-state index in [1.165, 1.54) is 0 Å². The highest BCUT2D eigenvalue weighted by atomic mass is 19.1. The summed E-state index contributed by atoms with van der Waals surface area (Å²) in [4.78, 5) is 9.85. The number of nitrogens with zero attached hydrogens (tertiary/aromatic N) is 2. The number of aryl methyl sites for hydroxylation is 1. The number of H-pyrrole nitrogens is 1. The number of pyridine rings is 1. The summed E-state index contributed by atoms with van der Waals surface area (Å²) in [5, 5.41) is 11.4. The molecule has 0 radical (unpaired) electrons. The summed E-state index contributed by atoms with van der Waals surface area (Å²) in [5.74, 6) is 1.34. The van der Waals surface area contributed by atoms with Gasteiger partial charge >= 0.3 is 0 Å². The Balaban J connectivity index is 1.23. The minimum atomic E-state index is -0.413. The minimum Gasteiger partial charge on any atom is -0.493 e. The average Bonchev–Trinajstić information content (AvgIpc) is 3.42. The van der Waals surface area contributed by atoms with Gasteiger partial charge in [-0.1, -0.05) is 0 Å². The van der Waals surface area contributed by atoms with E-state index in [0.717, 1.165) is 37.1 Å². The molecule has 6 rings (SSSR count). The second-order valence-electron chi connectivity index (χ2n) is 9.68. The number of aromatic nitrogens is 2. The number of likely N-dealkylation sites (tertiary alicyclic amines) is 1. The first-order chi connectivity index (χ1) is 17.0. The van der Waals surface area contributed by atoms with Gasteiger partial charge in [0.2, 0.25) is 0 Å². The van der Waals surface area contributed by atoms with Crippen molar-refractivity contribution in [3.05, 3.63) is 54.1 Å². The molecule has 2 aromatic heterocycles. The third kappa shape index (κ3) is 3.96. The molecule has 1 atom stereocenters. The molecule has 2 aromatic carbocycles. The molecule has 1 unspecified atom stereocenters. The number of aliphatic hydroxyl groups is 1. The van der Waals surface area contributed by atoms with Gasteiger partial charge in [0.05, 0.1) is 18.7 Å². The molecule has 35 heavy (non-hydrogen) atoms. The van der Waals surface area contributed by atoms with E-state index in [0.29, 0.717) is 46.7 Å². The molecule has 2 N–H and O–H groups in total. The van der Waals surface area contributed by atoms with E-state index in [2.05, 4.69) is 14.9 Å². The van der Waals surface area contributed by atoms with Crippen LogP contribution in [0.3, 0.4) is 0 Å². The number of hydrogen-bond acceptors (Lipinski definition) is 6. The topological polar surface area (TPSA) is 79.8 Å². The van der Waals surface area contributed by atoms with Crippen LogP contribution in [0.4, 0.5) is 4.39 Å². The van der Waals surface area contributed by atoms with E-state index in [4.69, 9.17) is 14.2 Å². The van der Waals surface area contributed by atoms with Crippen LogP contribution in [-0.2, 0) is 0 Å². The first-order valence-corrected chi connectivity index (χ1v) is 11.9. The molecule has 2 aliphatic rings. The summed E-state index contributed by atoms with van der Waals surface area (Å²) >= 11 is 0. The molecule has 2 fully saturated rings. The summed E-state index contributed by atoms with van der Waals surface area (Å²) < 4.78 is 32.7.